The van der Waals surface area contributed by atoms with Crippen molar-refractivity contribution < 1.29 is 9.59 Å². The summed E-state index contributed by atoms with van der Waals surface area (Å²) >= 11 is 0. The fraction of sp³-hybridized carbons (Fsp3) is 0.737. The van der Waals surface area contributed by atoms with Crippen LogP contribution in [0.25, 0.3) is 0 Å². The summed E-state index contributed by atoms with van der Waals surface area (Å²) in [6, 6.07) is 1.99. The largest absolute Gasteiger partial charge is 0.369 e. The molecule has 26 heavy (non-hydrogen) atoms. The van der Waals surface area contributed by atoms with Crippen molar-refractivity contribution in [2.75, 3.05) is 18.5 Å². The molecule has 2 unspecified atom stereocenters. The molecule has 4 fully saturated rings. The highest BCUT2D eigenvalue weighted by Gasteiger charge is 2.58. The van der Waals surface area contributed by atoms with Crippen LogP contribution in [0.15, 0.2) is 6.07 Å². The molecule has 0 aliphatic heterocycles. The molecule has 0 aromatic carbocycles. The van der Waals surface area contributed by atoms with Crippen molar-refractivity contribution in [2.24, 2.45) is 36.0 Å². The first-order valence-corrected chi connectivity index (χ1v) is 9.69. The zero-order valence-electron chi connectivity index (χ0n) is 15.9. The summed E-state index contributed by atoms with van der Waals surface area (Å²) in [6.45, 7) is 2.92. The lowest BCUT2D eigenvalue weighted by molar-refractivity contribution is -0.145. The number of hydrogen-bond acceptors (Lipinski definition) is 4. The molecule has 4 aliphatic carbocycles. The van der Waals surface area contributed by atoms with Gasteiger partial charge >= 0.3 is 0 Å². The number of aromatic nitrogens is 2. The minimum Gasteiger partial charge on any atom is -0.369 e. The first-order valence-electron chi connectivity index (χ1n) is 9.69. The van der Waals surface area contributed by atoms with E-state index in [1.54, 1.807) is 4.68 Å². The quantitative estimate of drug-likeness (QED) is 0.828. The fourth-order valence-corrected chi connectivity index (χ4v) is 5.87. The van der Waals surface area contributed by atoms with E-state index in [4.69, 9.17) is 5.73 Å². The number of aryl methyl sites for hydroxylation is 1. The summed E-state index contributed by atoms with van der Waals surface area (Å²) in [5.41, 5.74) is 5.89. The molecule has 4 aliphatic rings. The van der Waals surface area contributed by atoms with E-state index in [9.17, 15) is 9.59 Å². The molecule has 4 bridgehead atoms. The van der Waals surface area contributed by atoms with Crippen LogP contribution in [-0.2, 0) is 11.8 Å². The van der Waals surface area contributed by atoms with E-state index < -0.39 is 0 Å². The van der Waals surface area contributed by atoms with Gasteiger partial charge in [-0.15, -0.1) is 0 Å². The minimum atomic E-state index is -0.320. The van der Waals surface area contributed by atoms with E-state index in [-0.39, 0.29) is 23.3 Å². The lowest BCUT2D eigenvalue weighted by Gasteiger charge is -2.58. The number of carbonyl (C=O) groups excluding carboxylic acids is 2. The second-order valence-corrected chi connectivity index (χ2v) is 8.64. The Morgan fingerprint density at radius 2 is 2.00 bits per heavy atom. The van der Waals surface area contributed by atoms with E-state index in [0.717, 1.165) is 44.5 Å². The lowest BCUT2D eigenvalue weighted by atomic mass is 9.47. The van der Waals surface area contributed by atoms with Crippen LogP contribution in [-0.4, -0.2) is 41.2 Å². The van der Waals surface area contributed by atoms with Gasteiger partial charge < -0.3 is 16.0 Å². The van der Waals surface area contributed by atoms with Crippen LogP contribution in [0.4, 0.5) is 5.82 Å². The van der Waals surface area contributed by atoms with Crippen molar-refractivity contribution >= 4 is 17.6 Å². The Hall–Kier alpha value is -2.05. The highest BCUT2D eigenvalue weighted by atomic mass is 16.2. The summed E-state index contributed by atoms with van der Waals surface area (Å²) in [5, 5.41) is 7.64. The monoisotopic (exact) mass is 359 g/mol. The second kappa shape index (κ2) is 5.99. The molecule has 1 aromatic rings. The Morgan fingerprint density at radius 3 is 2.58 bits per heavy atom. The maximum Gasteiger partial charge on any atom is 0.272 e. The topological polar surface area (TPSA) is 93.2 Å². The standard InChI is InChI=1S/C19H29N5O2/c1-4-23(2)15-7-14(22-24(15)3)17(25)21-16-12-5-11-6-13(16)10-19(8-11,9-12)18(20)26/h7,11-13,16H,4-6,8-10H2,1-3H3,(H2,20,26)(H,21,25)/t11?,12?,13?,16-,19-. The molecule has 7 heteroatoms. The fourth-order valence-electron chi connectivity index (χ4n) is 5.87. The van der Waals surface area contributed by atoms with Crippen LogP contribution in [0, 0.1) is 23.2 Å². The Morgan fingerprint density at radius 1 is 1.35 bits per heavy atom. The number of anilines is 1. The van der Waals surface area contributed by atoms with E-state index in [0.29, 0.717) is 23.4 Å². The van der Waals surface area contributed by atoms with Gasteiger partial charge in [-0.25, -0.2) is 0 Å². The SMILES string of the molecule is CCN(C)c1cc(C(=O)N[C@H]2C3CC4CC2C[C@](C(N)=O)(C4)C3)nn1C. The van der Waals surface area contributed by atoms with Crippen molar-refractivity contribution in [1.29, 1.82) is 0 Å². The molecular formula is C19H29N5O2. The van der Waals surface area contributed by atoms with Gasteiger partial charge in [0.2, 0.25) is 5.91 Å². The summed E-state index contributed by atoms with van der Waals surface area (Å²) in [7, 11) is 3.84. The predicted octanol–water partition coefficient (Wildman–Crippen LogP) is 1.29. The molecule has 5 rings (SSSR count). The van der Waals surface area contributed by atoms with Gasteiger partial charge in [-0.3, -0.25) is 14.3 Å². The third-order valence-electron chi connectivity index (χ3n) is 7.05. The smallest absolute Gasteiger partial charge is 0.272 e. The number of primary amides is 1. The molecule has 3 N–H and O–H groups in total. The van der Waals surface area contributed by atoms with Gasteiger partial charge in [-0.1, -0.05) is 0 Å². The Kier molecular flexibility index (Phi) is 4.00. The van der Waals surface area contributed by atoms with Crippen LogP contribution in [0.5, 0.6) is 0 Å². The van der Waals surface area contributed by atoms with Crippen LogP contribution in [0.2, 0.25) is 0 Å². The first kappa shape index (κ1) is 17.4. The summed E-state index contributed by atoms with van der Waals surface area (Å²) in [6.07, 6.45) is 4.80. The van der Waals surface area contributed by atoms with Crippen molar-refractivity contribution in [1.82, 2.24) is 15.1 Å². The minimum absolute atomic E-state index is 0.109. The molecule has 1 heterocycles. The van der Waals surface area contributed by atoms with E-state index in [2.05, 4.69) is 22.2 Å². The number of hydrogen-bond donors (Lipinski definition) is 2. The van der Waals surface area contributed by atoms with E-state index >= 15 is 0 Å². The van der Waals surface area contributed by atoms with Crippen molar-refractivity contribution in [3.63, 3.8) is 0 Å². The van der Waals surface area contributed by atoms with Crippen LogP contribution in [0.3, 0.4) is 0 Å². The molecular weight excluding hydrogens is 330 g/mol. The molecule has 7 nitrogen and oxygen atoms in total. The number of nitrogens with two attached hydrogens (primary N) is 1. The average molecular weight is 359 g/mol. The van der Waals surface area contributed by atoms with Crippen molar-refractivity contribution in [2.45, 2.75) is 45.1 Å². The Bertz CT molecular complexity index is 726. The van der Waals surface area contributed by atoms with Gasteiger partial charge in [0.15, 0.2) is 5.69 Å². The molecule has 0 radical (unpaired) electrons. The van der Waals surface area contributed by atoms with E-state index in [1.807, 2.05) is 20.2 Å². The molecule has 0 saturated heterocycles. The molecule has 2 amide bonds. The van der Waals surface area contributed by atoms with Crippen LogP contribution >= 0.6 is 0 Å². The Balaban J connectivity index is 1.50. The number of carbonyl (C=O) groups is 2. The number of rotatable bonds is 5. The second-order valence-electron chi connectivity index (χ2n) is 8.64. The highest BCUT2D eigenvalue weighted by molar-refractivity contribution is 5.93. The van der Waals surface area contributed by atoms with Gasteiger partial charge in [0.25, 0.3) is 5.91 Å². The van der Waals surface area contributed by atoms with Crippen LogP contribution in [0.1, 0.15) is 49.5 Å². The van der Waals surface area contributed by atoms with Crippen LogP contribution < -0.4 is 16.0 Å². The molecule has 142 valence electrons. The third-order valence-corrected chi connectivity index (χ3v) is 7.05. The van der Waals surface area contributed by atoms with Gasteiger partial charge in [0, 0.05) is 38.2 Å². The normalized spacial score (nSPS) is 34.7. The highest BCUT2D eigenvalue weighted by Crippen LogP contribution is 2.59. The summed E-state index contributed by atoms with van der Waals surface area (Å²) in [5.74, 6) is 1.99. The molecule has 4 saturated carbocycles. The number of amides is 2. The molecule has 1 aromatic heterocycles. The third kappa shape index (κ3) is 2.59. The van der Waals surface area contributed by atoms with E-state index in [1.165, 1.54) is 0 Å². The van der Waals surface area contributed by atoms with Gasteiger partial charge in [-0.2, -0.15) is 5.10 Å². The van der Waals surface area contributed by atoms with Gasteiger partial charge in [0.1, 0.15) is 5.82 Å². The zero-order valence-corrected chi connectivity index (χ0v) is 15.9. The average Bonchev–Trinajstić information content (AvgIpc) is 2.98. The maximum atomic E-state index is 12.8. The predicted molar refractivity (Wildman–Crippen MR) is 98.6 cm³/mol. The summed E-state index contributed by atoms with van der Waals surface area (Å²) in [4.78, 5) is 26.9. The number of nitrogens with one attached hydrogen (secondary N) is 1. The van der Waals surface area contributed by atoms with Gasteiger partial charge in [-0.05, 0) is 56.8 Å². The van der Waals surface area contributed by atoms with Gasteiger partial charge in [0.05, 0.1) is 0 Å². The lowest BCUT2D eigenvalue weighted by Crippen LogP contribution is -2.62. The Labute approximate surface area is 154 Å². The first-order chi connectivity index (χ1) is 12.3. The molecule has 2 atom stereocenters. The maximum absolute atomic E-state index is 12.8. The zero-order chi connectivity index (χ0) is 18.6. The summed E-state index contributed by atoms with van der Waals surface area (Å²) < 4.78 is 1.75. The van der Waals surface area contributed by atoms with Crippen molar-refractivity contribution in [3.8, 4) is 0 Å². The molecule has 0 spiro atoms. The van der Waals surface area contributed by atoms with Crippen molar-refractivity contribution in [3.05, 3.63) is 11.8 Å². The number of nitrogens with zero attached hydrogens (tertiary/aromatic N) is 3.